The maximum absolute atomic E-state index is 11.5. The minimum atomic E-state index is -1.37. The van der Waals surface area contributed by atoms with Crippen LogP contribution in [0.4, 0.5) is 0 Å². The highest BCUT2D eigenvalue weighted by Gasteiger charge is 2.15. The Kier molecular flexibility index (Phi) is 2.89. The van der Waals surface area contributed by atoms with Crippen molar-refractivity contribution in [1.29, 1.82) is 0 Å². The highest BCUT2D eigenvalue weighted by atomic mass is 16.4. The minimum absolute atomic E-state index is 0.369. The molecule has 0 unspecified atom stereocenters. The Morgan fingerprint density at radius 3 is 2.56 bits per heavy atom. The van der Waals surface area contributed by atoms with Crippen molar-refractivity contribution in [1.82, 2.24) is 4.98 Å². The number of pyridine rings is 1. The molecule has 0 amide bonds. The summed E-state index contributed by atoms with van der Waals surface area (Å²) in [6.07, 6.45) is 0. The number of hydrogen-bond donors (Lipinski definition) is 3. The fourth-order valence-corrected chi connectivity index (χ4v) is 1.73. The number of benzene rings is 1. The summed E-state index contributed by atoms with van der Waals surface area (Å²) in [7, 11) is 0. The van der Waals surface area contributed by atoms with E-state index >= 15 is 0 Å². The first-order valence-corrected chi connectivity index (χ1v) is 5.26. The van der Waals surface area contributed by atoms with Gasteiger partial charge in [0.2, 0.25) is 5.43 Å². The van der Waals surface area contributed by atoms with E-state index in [0.717, 1.165) is 11.1 Å². The predicted molar refractivity (Wildman–Crippen MR) is 65.9 cm³/mol. The number of aryl methyl sites for hydroxylation is 1. The first-order chi connectivity index (χ1) is 8.50. The third kappa shape index (κ3) is 1.98. The summed E-state index contributed by atoms with van der Waals surface area (Å²) in [6.45, 7) is 1.85. The Balaban J connectivity index is 2.71. The molecule has 0 atom stereocenters. The smallest absolute Gasteiger partial charge is 0.356 e. The van der Waals surface area contributed by atoms with Gasteiger partial charge in [-0.25, -0.2) is 4.79 Å². The monoisotopic (exact) mass is 245 g/mol. The average Bonchev–Trinajstić information content (AvgIpc) is 2.33. The zero-order valence-corrected chi connectivity index (χ0v) is 9.60. The number of carboxylic acids is 1. The Morgan fingerprint density at radius 2 is 1.94 bits per heavy atom. The zero-order chi connectivity index (χ0) is 13.3. The molecule has 0 aliphatic heterocycles. The maximum atomic E-state index is 11.5. The van der Waals surface area contributed by atoms with E-state index in [4.69, 9.17) is 5.11 Å². The topological polar surface area (TPSA) is 90.4 Å². The van der Waals surface area contributed by atoms with Crippen LogP contribution in [-0.4, -0.2) is 21.2 Å². The number of hydrogen-bond acceptors (Lipinski definition) is 3. The van der Waals surface area contributed by atoms with Gasteiger partial charge in [0.25, 0.3) is 0 Å². The molecule has 2 aromatic rings. The van der Waals surface area contributed by atoms with Gasteiger partial charge in [0.15, 0.2) is 11.4 Å². The van der Waals surface area contributed by atoms with Crippen LogP contribution in [-0.2, 0) is 0 Å². The minimum Gasteiger partial charge on any atom is -0.502 e. The Bertz CT molecular complexity index is 673. The number of aromatic hydroxyl groups is 1. The lowest BCUT2D eigenvalue weighted by atomic mass is 10.0. The van der Waals surface area contributed by atoms with Gasteiger partial charge in [0, 0.05) is 11.6 Å². The molecule has 1 aromatic heterocycles. The molecule has 18 heavy (non-hydrogen) atoms. The van der Waals surface area contributed by atoms with Crippen LogP contribution in [0.15, 0.2) is 35.1 Å². The van der Waals surface area contributed by atoms with Crippen LogP contribution in [0.2, 0.25) is 0 Å². The van der Waals surface area contributed by atoms with E-state index in [1.165, 1.54) is 6.07 Å². The lowest BCUT2D eigenvalue weighted by Crippen LogP contribution is -2.11. The van der Waals surface area contributed by atoms with Gasteiger partial charge in [-0.05, 0) is 12.5 Å². The van der Waals surface area contributed by atoms with Crippen LogP contribution in [0.1, 0.15) is 16.1 Å². The summed E-state index contributed by atoms with van der Waals surface area (Å²) in [5.74, 6) is -2.15. The molecule has 0 bridgehead atoms. The lowest BCUT2D eigenvalue weighted by Gasteiger charge is -2.07. The predicted octanol–water partition coefficient (Wildman–Crippen LogP) is 1.75. The summed E-state index contributed by atoms with van der Waals surface area (Å²) < 4.78 is 0. The molecule has 5 nitrogen and oxygen atoms in total. The second-order valence-electron chi connectivity index (χ2n) is 3.89. The van der Waals surface area contributed by atoms with Crippen molar-refractivity contribution in [2.75, 3.05) is 0 Å². The third-order valence-corrected chi connectivity index (χ3v) is 2.65. The first kappa shape index (κ1) is 11.9. The molecule has 5 heteroatoms. The summed E-state index contributed by atoms with van der Waals surface area (Å²) in [4.78, 5) is 25.0. The molecular formula is C13H11NO4. The molecule has 92 valence electrons. The van der Waals surface area contributed by atoms with Gasteiger partial charge in [-0.2, -0.15) is 0 Å². The van der Waals surface area contributed by atoms with Crippen LogP contribution in [0.3, 0.4) is 0 Å². The second-order valence-corrected chi connectivity index (χ2v) is 3.89. The van der Waals surface area contributed by atoms with Crippen LogP contribution in [0.5, 0.6) is 5.75 Å². The molecule has 0 spiro atoms. The van der Waals surface area contributed by atoms with Crippen LogP contribution in [0, 0.1) is 6.92 Å². The van der Waals surface area contributed by atoms with Crippen LogP contribution in [0.25, 0.3) is 11.3 Å². The molecule has 3 N–H and O–H groups in total. The van der Waals surface area contributed by atoms with Crippen molar-refractivity contribution in [3.63, 3.8) is 0 Å². The van der Waals surface area contributed by atoms with E-state index in [2.05, 4.69) is 4.98 Å². The standard InChI is InChI=1S/C13H11NO4/c1-7-4-2-3-5-8(7)9-6-10(15)12(16)11(14-9)13(17)18/h2-6,16H,1H3,(H,14,15)(H,17,18). The number of aromatic amines is 1. The molecule has 0 aliphatic rings. The van der Waals surface area contributed by atoms with Crippen molar-refractivity contribution in [2.45, 2.75) is 6.92 Å². The van der Waals surface area contributed by atoms with Crippen molar-refractivity contribution >= 4 is 5.97 Å². The number of rotatable bonds is 2. The van der Waals surface area contributed by atoms with E-state index < -0.39 is 22.8 Å². The molecule has 2 rings (SSSR count). The summed E-state index contributed by atoms with van der Waals surface area (Å²) in [6, 6.07) is 8.43. The molecule has 0 saturated heterocycles. The maximum Gasteiger partial charge on any atom is 0.356 e. The molecule has 0 saturated carbocycles. The summed E-state index contributed by atoms with van der Waals surface area (Å²) >= 11 is 0. The van der Waals surface area contributed by atoms with Gasteiger partial charge in [-0.1, -0.05) is 24.3 Å². The van der Waals surface area contributed by atoms with Crippen LogP contribution < -0.4 is 5.43 Å². The molecule has 0 aliphatic carbocycles. The average molecular weight is 245 g/mol. The summed E-state index contributed by atoms with van der Waals surface area (Å²) in [5.41, 5.74) is 0.769. The van der Waals surface area contributed by atoms with Crippen molar-refractivity contribution < 1.29 is 15.0 Å². The number of nitrogens with one attached hydrogen (secondary N) is 1. The van der Waals surface area contributed by atoms with Crippen LogP contribution >= 0.6 is 0 Å². The van der Waals surface area contributed by atoms with Crippen molar-refractivity contribution in [3.8, 4) is 17.0 Å². The molecule has 1 aromatic carbocycles. The Labute approximate surface area is 102 Å². The quantitative estimate of drug-likeness (QED) is 0.751. The third-order valence-electron chi connectivity index (χ3n) is 2.65. The van der Waals surface area contributed by atoms with Crippen molar-refractivity contribution in [2.24, 2.45) is 0 Å². The van der Waals surface area contributed by atoms with E-state index in [1.807, 2.05) is 19.1 Å². The largest absolute Gasteiger partial charge is 0.502 e. The zero-order valence-electron chi connectivity index (χ0n) is 9.60. The summed E-state index contributed by atoms with van der Waals surface area (Å²) in [5, 5.41) is 18.3. The van der Waals surface area contributed by atoms with Crippen molar-refractivity contribution in [3.05, 3.63) is 51.8 Å². The number of aromatic nitrogens is 1. The Hall–Kier alpha value is -2.56. The van der Waals surface area contributed by atoms with E-state index in [9.17, 15) is 14.7 Å². The number of H-pyrrole nitrogens is 1. The van der Waals surface area contributed by atoms with E-state index in [1.54, 1.807) is 12.1 Å². The number of carbonyl (C=O) groups is 1. The SMILES string of the molecule is Cc1ccccc1-c1cc(=O)c(O)c(C(=O)O)[nH]1. The van der Waals surface area contributed by atoms with Gasteiger partial charge in [-0.3, -0.25) is 4.79 Å². The fourth-order valence-electron chi connectivity index (χ4n) is 1.73. The highest BCUT2D eigenvalue weighted by molar-refractivity contribution is 5.89. The normalized spacial score (nSPS) is 10.3. The Morgan fingerprint density at radius 1 is 1.28 bits per heavy atom. The van der Waals surface area contributed by atoms with Gasteiger partial charge in [0.05, 0.1) is 5.69 Å². The fraction of sp³-hybridized carbons (Fsp3) is 0.0769. The first-order valence-electron chi connectivity index (χ1n) is 5.26. The van der Waals surface area contributed by atoms with E-state index in [0.29, 0.717) is 5.69 Å². The second kappa shape index (κ2) is 4.37. The number of carboxylic acid groups (broad SMARTS) is 1. The lowest BCUT2D eigenvalue weighted by molar-refractivity contribution is 0.0687. The van der Waals surface area contributed by atoms with Gasteiger partial charge < -0.3 is 15.2 Å². The molecule has 0 fully saturated rings. The molecule has 0 radical (unpaired) electrons. The van der Waals surface area contributed by atoms with Gasteiger partial charge >= 0.3 is 5.97 Å². The van der Waals surface area contributed by atoms with E-state index in [-0.39, 0.29) is 0 Å². The number of aromatic carboxylic acids is 1. The highest BCUT2D eigenvalue weighted by Crippen LogP contribution is 2.22. The van der Waals surface area contributed by atoms with Gasteiger partial charge in [-0.15, -0.1) is 0 Å². The molecular weight excluding hydrogens is 234 g/mol. The molecule has 1 heterocycles. The van der Waals surface area contributed by atoms with Gasteiger partial charge in [0.1, 0.15) is 0 Å².